The predicted molar refractivity (Wildman–Crippen MR) is 71.0 cm³/mol. The van der Waals surface area contributed by atoms with Crippen molar-refractivity contribution in [2.45, 2.75) is 19.4 Å². The van der Waals surface area contributed by atoms with Crippen molar-refractivity contribution in [3.05, 3.63) is 44.8 Å². The van der Waals surface area contributed by atoms with Gasteiger partial charge in [0, 0.05) is 16.6 Å². The van der Waals surface area contributed by atoms with Crippen molar-refractivity contribution >= 4 is 22.6 Å². The quantitative estimate of drug-likeness (QED) is 0.886. The zero-order chi connectivity index (χ0) is 13.3. The number of fused-ring (bicyclic) bond motifs is 1. The van der Waals surface area contributed by atoms with Crippen molar-refractivity contribution in [2.75, 3.05) is 6.61 Å². The topological polar surface area (TPSA) is 76.5 Å². The highest BCUT2D eigenvalue weighted by Gasteiger charge is 2.11. The smallest absolute Gasteiger partial charge is 0.195 e. The van der Waals surface area contributed by atoms with E-state index < -0.39 is 6.04 Å². The van der Waals surface area contributed by atoms with E-state index >= 15 is 0 Å². The van der Waals surface area contributed by atoms with Crippen LogP contribution in [-0.2, 0) is 6.42 Å². The summed E-state index contributed by atoms with van der Waals surface area (Å²) >= 11 is 6.00. The van der Waals surface area contributed by atoms with E-state index in [1.807, 2.05) is 6.92 Å². The third-order valence-corrected chi connectivity index (χ3v) is 3.25. The molecular weight excluding hydrogens is 254 g/mol. The number of benzene rings is 1. The molecule has 2 aromatic rings. The number of aliphatic hydroxyl groups is 1. The zero-order valence-electron chi connectivity index (χ0n) is 9.94. The molecule has 1 heterocycles. The minimum atomic E-state index is -0.466. The highest BCUT2D eigenvalue weighted by atomic mass is 35.5. The van der Waals surface area contributed by atoms with Crippen LogP contribution in [0.15, 0.2) is 27.6 Å². The number of nitrogens with two attached hydrogens (primary N) is 1. The van der Waals surface area contributed by atoms with Crippen LogP contribution in [0.5, 0.6) is 0 Å². The number of rotatable bonds is 3. The fourth-order valence-electron chi connectivity index (χ4n) is 1.78. The highest BCUT2D eigenvalue weighted by molar-refractivity contribution is 6.32. The molecule has 5 heteroatoms. The zero-order valence-corrected chi connectivity index (χ0v) is 10.7. The van der Waals surface area contributed by atoms with E-state index in [1.165, 1.54) is 6.26 Å². The van der Waals surface area contributed by atoms with Crippen molar-refractivity contribution in [3.8, 4) is 0 Å². The van der Waals surface area contributed by atoms with Gasteiger partial charge in [-0.2, -0.15) is 0 Å². The fourth-order valence-corrected chi connectivity index (χ4v) is 1.94. The van der Waals surface area contributed by atoms with Crippen LogP contribution in [0.3, 0.4) is 0 Å². The molecular formula is C13H14ClNO3. The molecule has 0 aliphatic carbocycles. The van der Waals surface area contributed by atoms with Crippen molar-refractivity contribution in [2.24, 2.45) is 5.73 Å². The van der Waals surface area contributed by atoms with Crippen molar-refractivity contribution in [3.63, 3.8) is 0 Å². The lowest BCUT2D eigenvalue weighted by Gasteiger charge is -2.08. The van der Waals surface area contributed by atoms with Crippen LogP contribution in [0, 0.1) is 6.92 Å². The first-order valence-corrected chi connectivity index (χ1v) is 5.97. The first kappa shape index (κ1) is 13.1. The fraction of sp³-hybridized carbons (Fsp3) is 0.308. The van der Waals surface area contributed by atoms with E-state index in [0.717, 1.165) is 5.56 Å². The summed E-state index contributed by atoms with van der Waals surface area (Å²) in [7, 11) is 0. The summed E-state index contributed by atoms with van der Waals surface area (Å²) in [6.07, 6.45) is 1.67. The Hall–Kier alpha value is -1.36. The summed E-state index contributed by atoms with van der Waals surface area (Å²) in [6, 6.07) is 2.87. The summed E-state index contributed by atoms with van der Waals surface area (Å²) in [5, 5.41) is 9.87. The van der Waals surface area contributed by atoms with Gasteiger partial charge in [-0.05, 0) is 31.0 Å². The molecule has 0 radical (unpaired) electrons. The van der Waals surface area contributed by atoms with Gasteiger partial charge in [0.25, 0.3) is 0 Å². The predicted octanol–water partition coefficient (Wildman–Crippen LogP) is 1.62. The SMILES string of the molecule is Cc1cc2occ(CC(N)CO)c(=O)c2cc1Cl. The Kier molecular flexibility index (Phi) is 3.71. The number of hydrogen-bond acceptors (Lipinski definition) is 4. The molecule has 0 spiro atoms. The average molecular weight is 268 g/mol. The molecule has 4 nitrogen and oxygen atoms in total. The summed E-state index contributed by atoms with van der Waals surface area (Å²) < 4.78 is 5.41. The lowest BCUT2D eigenvalue weighted by Crippen LogP contribution is -2.29. The maximum absolute atomic E-state index is 12.2. The van der Waals surface area contributed by atoms with Gasteiger partial charge >= 0.3 is 0 Å². The van der Waals surface area contributed by atoms with Gasteiger partial charge in [-0.1, -0.05) is 11.6 Å². The van der Waals surface area contributed by atoms with E-state index in [-0.39, 0.29) is 18.5 Å². The van der Waals surface area contributed by atoms with Crippen LogP contribution in [0.25, 0.3) is 11.0 Å². The monoisotopic (exact) mass is 267 g/mol. The van der Waals surface area contributed by atoms with Gasteiger partial charge in [0.1, 0.15) is 5.58 Å². The molecule has 96 valence electrons. The van der Waals surface area contributed by atoms with Gasteiger partial charge in [0.05, 0.1) is 18.3 Å². The largest absolute Gasteiger partial charge is 0.464 e. The number of aliphatic hydroxyl groups excluding tert-OH is 1. The Bertz CT molecular complexity index is 636. The maximum atomic E-state index is 12.2. The third kappa shape index (κ3) is 2.41. The van der Waals surface area contributed by atoms with Crippen molar-refractivity contribution in [1.29, 1.82) is 0 Å². The van der Waals surface area contributed by atoms with Gasteiger partial charge in [-0.25, -0.2) is 0 Å². The van der Waals surface area contributed by atoms with Crippen LogP contribution in [0.2, 0.25) is 5.02 Å². The maximum Gasteiger partial charge on any atom is 0.195 e. The summed E-state index contributed by atoms with van der Waals surface area (Å²) in [5.74, 6) is 0. The Labute approximate surface area is 109 Å². The lowest BCUT2D eigenvalue weighted by atomic mass is 10.1. The minimum absolute atomic E-state index is 0.151. The van der Waals surface area contributed by atoms with E-state index in [4.69, 9.17) is 26.9 Å². The third-order valence-electron chi connectivity index (χ3n) is 2.84. The van der Waals surface area contributed by atoms with Gasteiger partial charge in [0.15, 0.2) is 5.43 Å². The standard InChI is InChI=1S/C13H14ClNO3/c1-7-2-12-10(4-11(7)14)13(17)8(6-18-12)3-9(15)5-16/h2,4,6,9,16H,3,5,15H2,1H3. The van der Waals surface area contributed by atoms with Crippen molar-refractivity contribution in [1.82, 2.24) is 0 Å². The van der Waals surface area contributed by atoms with Gasteiger partial charge in [-0.15, -0.1) is 0 Å². The molecule has 18 heavy (non-hydrogen) atoms. The second-order valence-corrected chi connectivity index (χ2v) is 4.74. The molecule has 1 aromatic carbocycles. The molecule has 2 rings (SSSR count). The molecule has 3 N–H and O–H groups in total. The second kappa shape index (κ2) is 5.10. The number of halogens is 1. The second-order valence-electron chi connectivity index (χ2n) is 4.33. The van der Waals surface area contributed by atoms with Crippen LogP contribution in [0.1, 0.15) is 11.1 Å². The molecule has 0 aliphatic heterocycles. The van der Waals surface area contributed by atoms with E-state index in [9.17, 15) is 4.79 Å². The summed E-state index contributed by atoms with van der Waals surface area (Å²) in [6.45, 7) is 1.67. The molecule has 0 amide bonds. The van der Waals surface area contributed by atoms with Crippen molar-refractivity contribution < 1.29 is 9.52 Å². The first-order valence-electron chi connectivity index (χ1n) is 5.60. The van der Waals surface area contributed by atoms with Gasteiger partial charge in [0.2, 0.25) is 0 Å². The molecule has 0 saturated carbocycles. The van der Waals surface area contributed by atoms with Crippen LogP contribution >= 0.6 is 11.6 Å². The molecule has 0 bridgehead atoms. The molecule has 1 unspecified atom stereocenters. The van der Waals surface area contributed by atoms with Gasteiger partial charge in [-0.3, -0.25) is 4.79 Å². The van der Waals surface area contributed by atoms with Gasteiger partial charge < -0.3 is 15.3 Å². The summed E-state index contributed by atoms with van der Waals surface area (Å²) in [4.78, 5) is 12.2. The minimum Gasteiger partial charge on any atom is -0.464 e. The lowest BCUT2D eigenvalue weighted by molar-refractivity contribution is 0.265. The Morgan fingerprint density at radius 3 is 2.89 bits per heavy atom. The molecule has 0 aliphatic rings. The van der Waals surface area contributed by atoms with Crippen LogP contribution in [0.4, 0.5) is 0 Å². The average Bonchev–Trinajstić information content (AvgIpc) is 2.35. The molecule has 1 aromatic heterocycles. The Balaban J connectivity index is 2.57. The number of aryl methyl sites for hydroxylation is 1. The van der Waals surface area contributed by atoms with E-state index in [1.54, 1.807) is 12.1 Å². The van der Waals surface area contributed by atoms with E-state index in [2.05, 4.69) is 0 Å². The first-order chi connectivity index (χ1) is 8.52. The van der Waals surface area contributed by atoms with E-state index in [0.29, 0.717) is 21.6 Å². The highest BCUT2D eigenvalue weighted by Crippen LogP contribution is 2.21. The Morgan fingerprint density at radius 1 is 1.50 bits per heavy atom. The normalized spacial score (nSPS) is 12.9. The molecule has 1 atom stereocenters. The molecule has 0 saturated heterocycles. The summed E-state index contributed by atoms with van der Waals surface area (Å²) in [5.41, 5.74) is 7.27. The Morgan fingerprint density at radius 2 is 2.22 bits per heavy atom. The molecule has 0 fully saturated rings. The van der Waals surface area contributed by atoms with Crippen LogP contribution in [-0.4, -0.2) is 17.8 Å². The van der Waals surface area contributed by atoms with Crippen LogP contribution < -0.4 is 11.2 Å². The number of hydrogen-bond donors (Lipinski definition) is 2.